The van der Waals surface area contributed by atoms with Gasteiger partial charge in [-0.15, -0.1) is 0 Å². The van der Waals surface area contributed by atoms with Gasteiger partial charge in [-0.25, -0.2) is 4.79 Å². The normalized spacial score (nSPS) is 11.4. The zero-order valence-electron chi connectivity index (χ0n) is 18.2. The van der Waals surface area contributed by atoms with Crippen LogP contribution in [-0.2, 0) is 17.3 Å². The van der Waals surface area contributed by atoms with Gasteiger partial charge in [-0.2, -0.15) is 13.2 Å². The Morgan fingerprint density at radius 2 is 1.71 bits per heavy atom. The number of benzene rings is 2. The van der Waals surface area contributed by atoms with Gasteiger partial charge >= 0.3 is 12.1 Å². The Balaban J connectivity index is 1.71. The lowest BCUT2D eigenvalue weighted by atomic mass is 10.1. The Labute approximate surface area is 193 Å². The van der Waals surface area contributed by atoms with Crippen LogP contribution in [0.3, 0.4) is 0 Å². The third-order valence-corrected chi connectivity index (χ3v) is 5.26. The number of ether oxygens (including phenoxy) is 1. The summed E-state index contributed by atoms with van der Waals surface area (Å²) >= 11 is 0. The molecule has 0 aliphatic heterocycles. The molecule has 0 atom stereocenters. The number of esters is 1. The fourth-order valence-electron chi connectivity index (χ4n) is 3.70. The molecule has 174 valence electrons. The van der Waals surface area contributed by atoms with E-state index in [1.165, 1.54) is 22.6 Å². The molecular formula is C26H21F3N2O3. The van der Waals surface area contributed by atoms with Crippen LogP contribution >= 0.6 is 0 Å². The topological polar surface area (TPSA) is 59.8 Å². The molecule has 2 heterocycles. The molecule has 0 saturated heterocycles. The molecule has 34 heavy (non-hydrogen) atoms. The summed E-state index contributed by atoms with van der Waals surface area (Å²) in [5, 5.41) is 2.49. The maximum atomic E-state index is 13.0. The lowest BCUT2D eigenvalue weighted by molar-refractivity contribution is -0.137. The van der Waals surface area contributed by atoms with Crippen molar-refractivity contribution in [2.75, 3.05) is 11.9 Å². The van der Waals surface area contributed by atoms with E-state index in [1.807, 2.05) is 36.4 Å². The van der Waals surface area contributed by atoms with E-state index in [0.717, 1.165) is 23.3 Å². The zero-order chi connectivity index (χ0) is 24.3. The fraction of sp³-hybridized carbons (Fsp3) is 0.154. The zero-order valence-corrected chi connectivity index (χ0v) is 18.2. The molecule has 4 aromatic rings. The van der Waals surface area contributed by atoms with E-state index < -0.39 is 23.6 Å². The number of pyridine rings is 1. The van der Waals surface area contributed by atoms with Crippen LogP contribution < -0.4 is 5.32 Å². The first-order valence-electron chi connectivity index (χ1n) is 10.6. The minimum atomic E-state index is -4.53. The van der Waals surface area contributed by atoms with Gasteiger partial charge in [0.25, 0.3) is 5.91 Å². The standard InChI is InChI=1S/C26H21F3N2O3/c1-2-34-25(33)21-16-23(24(32)30-20-10-6-9-19(15-20)26(27,28)29)31-12-11-18(14-22(21)31)13-17-7-4-3-5-8-17/h3-12,14-16H,2,13H2,1H3,(H,30,32). The van der Waals surface area contributed by atoms with E-state index >= 15 is 0 Å². The van der Waals surface area contributed by atoms with Crippen LogP contribution in [0, 0.1) is 0 Å². The highest BCUT2D eigenvalue weighted by molar-refractivity contribution is 6.08. The number of halogens is 3. The number of hydrogen-bond acceptors (Lipinski definition) is 3. The Morgan fingerprint density at radius 3 is 2.41 bits per heavy atom. The highest BCUT2D eigenvalue weighted by atomic mass is 19.4. The Hall–Kier alpha value is -4.07. The van der Waals surface area contributed by atoms with E-state index in [4.69, 9.17) is 4.74 Å². The van der Waals surface area contributed by atoms with Gasteiger partial charge in [-0.05, 0) is 60.9 Å². The summed E-state index contributed by atoms with van der Waals surface area (Å²) in [6.45, 7) is 1.84. The molecule has 8 heteroatoms. The second kappa shape index (κ2) is 9.43. The molecule has 2 aromatic carbocycles. The van der Waals surface area contributed by atoms with Crippen molar-refractivity contribution in [3.05, 3.63) is 107 Å². The van der Waals surface area contributed by atoms with Crippen molar-refractivity contribution in [2.24, 2.45) is 0 Å². The SMILES string of the molecule is CCOC(=O)c1cc(C(=O)Nc2cccc(C(F)(F)F)c2)n2ccc(Cc3ccccc3)cc12. The molecule has 0 saturated carbocycles. The number of rotatable bonds is 6. The molecule has 0 bridgehead atoms. The van der Waals surface area contributed by atoms with E-state index in [0.29, 0.717) is 11.9 Å². The van der Waals surface area contributed by atoms with Crippen LogP contribution in [0.15, 0.2) is 79.0 Å². The van der Waals surface area contributed by atoms with E-state index in [-0.39, 0.29) is 23.6 Å². The number of anilines is 1. The average Bonchev–Trinajstić information content (AvgIpc) is 3.19. The number of nitrogens with zero attached hydrogens (tertiary/aromatic N) is 1. The summed E-state index contributed by atoms with van der Waals surface area (Å²) in [5.74, 6) is -1.24. The number of aromatic nitrogens is 1. The first-order chi connectivity index (χ1) is 16.3. The molecule has 0 radical (unpaired) electrons. The number of nitrogens with one attached hydrogen (secondary N) is 1. The fourth-order valence-corrected chi connectivity index (χ4v) is 3.70. The number of hydrogen-bond donors (Lipinski definition) is 1. The predicted octanol–water partition coefficient (Wildman–Crippen LogP) is 5.98. The third kappa shape index (κ3) is 4.96. The number of carbonyl (C=O) groups excluding carboxylic acids is 2. The van der Waals surface area contributed by atoms with Crippen LogP contribution in [-0.4, -0.2) is 22.9 Å². The molecule has 2 aromatic heterocycles. The highest BCUT2D eigenvalue weighted by Crippen LogP contribution is 2.31. The summed E-state index contributed by atoms with van der Waals surface area (Å²) in [7, 11) is 0. The molecule has 1 amide bonds. The molecule has 0 spiro atoms. The first-order valence-corrected chi connectivity index (χ1v) is 10.6. The number of fused-ring (bicyclic) bond motifs is 1. The van der Waals surface area contributed by atoms with Crippen molar-refractivity contribution < 1.29 is 27.5 Å². The van der Waals surface area contributed by atoms with Gasteiger partial charge in [0.05, 0.1) is 23.3 Å². The lowest BCUT2D eigenvalue weighted by Gasteiger charge is -2.10. The van der Waals surface area contributed by atoms with Gasteiger partial charge in [-0.3, -0.25) is 4.79 Å². The summed E-state index contributed by atoms with van der Waals surface area (Å²) in [5.41, 5.74) is 1.90. The molecule has 1 N–H and O–H groups in total. The number of alkyl halides is 3. The van der Waals surface area contributed by atoms with Gasteiger partial charge in [0.15, 0.2) is 0 Å². The second-order valence-electron chi connectivity index (χ2n) is 7.65. The first kappa shape index (κ1) is 23.1. The van der Waals surface area contributed by atoms with Crippen molar-refractivity contribution in [2.45, 2.75) is 19.5 Å². The van der Waals surface area contributed by atoms with Crippen LogP contribution in [0.2, 0.25) is 0 Å². The monoisotopic (exact) mass is 466 g/mol. The molecule has 0 fully saturated rings. The maximum Gasteiger partial charge on any atom is 0.416 e. The Kier molecular flexibility index (Phi) is 6.40. The summed E-state index contributed by atoms with van der Waals surface area (Å²) < 4.78 is 45.8. The van der Waals surface area contributed by atoms with E-state index in [2.05, 4.69) is 5.32 Å². The smallest absolute Gasteiger partial charge is 0.416 e. The Morgan fingerprint density at radius 1 is 0.941 bits per heavy atom. The molecule has 4 rings (SSSR count). The number of carbonyl (C=O) groups is 2. The van der Waals surface area contributed by atoms with Crippen molar-refractivity contribution in [3.8, 4) is 0 Å². The largest absolute Gasteiger partial charge is 0.462 e. The van der Waals surface area contributed by atoms with Gasteiger partial charge in [0.2, 0.25) is 0 Å². The summed E-state index contributed by atoms with van der Waals surface area (Å²) in [6.07, 6.45) is -2.25. The van der Waals surface area contributed by atoms with Crippen LogP contribution in [0.1, 0.15) is 44.5 Å². The molecular weight excluding hydrogens is 445 g/mol. The van der Waals surface area contributed by atoms with Crippen LogP contribution in [0.4, 0.5) is 18.9 Å². The van der Waals surface area contributed by atoms with Gasteiger partial charge in [0.1, 0.15) is 5.69 Å². The van der Waals surface area contributed by atoms with Gasteiger partial charge in [0, 0.05) is 11.9 Å². The van der Waals surface area contributed by atoms with Crippen LogP contribution in [0.5, 0.6) is 0 Å². The van der Waals surface area contributed by atoms with Crippen molar-refractivity contribution in [1.29, 1.82) is 0 Å². The van der Waals surface area contributed by atoms with E-state index in [1.54, 1.807) is 19.2 Å². The van der Waals surface area contributed by atoms with Gasteiger partial charge < -0.3 is 14.5 Å². The minimum absolute atomic E-state index is 0.00634. The second-order valence-corrected chi connectivity index (χ2v) is 7.65. The lowest BCUT2D eigenvalue weighted by Crippen LogP contribution is -2.15. The van der Waals surface area contributed by atoms with Gasteiger partial charge in [-0.1, -0.05) is 36.4 Å². The molecule has 0 unspecified atom stereocenters. The predicted molar refractivity (Wildman–Crippen MR) is 122 cm³/mol. The summed E-state index contributed by atoms with van der Waals surface area (Å²) in [4.78, 5) is 25.6. The van der Waals surface area contributed by atoms with Crippen LogP contribution in [0.25, 0.3) is 5.52 Å². The summed E-state index contributed by atoms with van der Waals surface area (Å²) in [6, 6.07) is 19.2. The van der Waals surface area contributed by atoms with E-state index in [9.17, 15) is 22.8 Å². The van der Waals surface area contributed by atoms with Crippen molar-refractivity contribution in [3.63, 3.8) is 0 Å². The highest BCUT2D eigenvalue weighted by Gasteiger charge is 2.30. The molecule has 0 aliphatic carbocycles. The third-order valence-electron chi connectivity index (χ3n) is 5.26. The Bertz CT molecular complexity index is 1340. The maximum absolute atomic E-state index is 13.0. The average molecular weight is 466 g/mol. The molecule has 0 aliphatic rings. The van der Waals surface area contributed by atoms with Crippen molar-refractivity contribution >= 4 is 23.1 Å². The number of amides is 1. The minimum Gasteiger partial charge on any atom is -0.462 e. The molecule has 5 nitrogen and oxygen atoms in total. The van der Waals surface area contributed by atoms with Crippen molar-refractivity contribution in [1.82, 2.24) is 4.40 Å². The quantitative estimate of drug-likeness (QED) is 0.356.